The van der Waals surface area contributed by atoms with Crippen LogP contribution in [0.5, 0.6) is 23.0 Å². The van der Waals surface area contributed by atoms with Crippen LogP contribution in [0.1, 0.15) is 30.5 Å². The highest BCUT2D eigenvalue weighted by molar-refractivity contribution is 5.76. The highest BCUT2D eigenvalue weighted by atomic mass is 19.1. The van der Waals surface area contributed by atoms with E-state index in [2.05, 4.69) is 0 Å². The molecule has 0 unspecified atom stereocenters. The quantitative estimate of drug-likeness (QED) is 0.357. The van der Waals surface area contributed by atoms with E-state index in [9.17, 15) is 5.11 Å². The fourth-order valence-electron chi connectivity index (χ4n) is 4.92. The maximum Gasteiger partial charge on any atom is 0.289 e. The second kappa shape index (κ2) is 12.6. The van der Waals surface area contributed by atoms with Crippen molar-refractivity contribution in [2.45, 2.75) is 50.9 Å². The Balaban J connectivity index is 1.87. The van der Waals surface area contributed by atoms with Gasteiger partial charge in [0.05, 0.1) is 47.6 Å². The number of amidine groups is 1. The second-order valence-electron chi connectivity index (χ2n) is 9.96. The van der Waals surface area contributed by atoms with Crippen LogP contribution in [0.25, 0.3) is 0 Å². The number of hydrogen-bond donors (Lipinski definition) is 1. The number of halogens is 2. The first-order valence-electron chi connectivity index (χ1n) is 13.2. The summed E-state index contributed by atoms with van der Waals surface area (Å²) in [6, 6.07) is 16.7. The summed E-state index contributed by atoms with van der Waals surface area (Å²) in [7, 11) is 6.23. The molecule has 1 aliphatic heterocycles. The third kappa shape index (κ3) is 6.17. The Kier molecular flexibility index (Phi) is 9.22. The Morgan fingerprint density at radius 1 is 0.902 bits per heavy atom. The van der Waals surface area contributed by atoms with Gasteiger partial charge in [-0.15, -0.1) is 0 Å². The molecule has 3 aromatic carbocycles. The lowest BCUT2D eigenvalue weighted by atomic mass is 9.83. The zero-order valence-corrected chi connectivity index (χ0v) is 24.1. The van der Waals surface area contributed by atoms with Crippen LogP contribution in [0.3, 0.4) is 0 Å². The zero-order valence-electron chi connectivity index (χ0n) is 24.1. The predicted octanol–water partition coefficient (Wildman–Crippen LogP) is 5.25. The van der Waals surface area contributed by atoms with Gasteiger partial charge in [0.1, 0.15) is 34.4 Å². The molecule has 0 spiro atoms. The Morgan fingerprint density at radius 3 is 1.90 bits per heavy atom. The largest absolute Gasteiger partial charge is 0.497 e. The van der Waals surface area contributed by atoms with Crippen LogP contribution >= 0.6 is 0 Å². The van der Waals surface area contributed by atoms with Gasteiger partial charge in [-0.05, 0) is 44.2 Å². The molecular weight excluding hydrogens is 534 g/mol. The highest BCUT2D eigenvalue weighted by Gasteiger charge is 2.50. The average Bonchev–Trinajstić information content (AvgIpc) is 2.98. The summed E-state index contributed by atoms with van der Waals surface area (Å²) in [6.07, 6.45) is -4.37. The molecule has 1 N–H and O–H groups in total. The summed E-state index contributed by atoms with van der Waals surface area (Å²) >= 11 is 0. The molecule has 0 fully saturated rings. The first-order valence-corrected chi connectivity index (χ1v) is 13.2. The molecule has 10 heteroatoms. The van der Waals surface area contributed by atoms with Gasteiger partial charge < -0.3 is 33.7 Å². The van der Waals surface area contributed by atoms with Crippen LogP contribution < -0.4 is 18.9 Å². The fraction of sp³-hybridized carbons (Fsp3) is 0.387. The minimum Gasteiger partial charge on any atom is -0.497 e. The van der Waals surface area contributed by atoms with E-state index in [0.29, 0.717) is 23.0 Å². The van der Waals surface area contributed by atoms with Gasteiger partial charge >= 0.3 is 0 Å². The Morgan fingerprint density at radius 2 is 1.44 bits per heavy atom. The van der Waals surface area contributed by atoms with Crippen molar-refractivity contribution in [1.29, 1.82) is 0 Å². The number of rotatable bonds is 10. The third-order valence-corrected chi connectivity index (χ3v) is 7.27. The van der Waals surface area contributed by atoms with Gasteiger partial charge in [0, 0.05) is 28.8 Å². The number of benzene rings is 3. The number of aliphatic hydroxyl groups is 1. The summed E-state index contributed by atoms with van der Waals surface area (Å²) in [4.78, 5) is 6.47. The zero-order chi connectivity index (χ0) is 29.7. The highest BCUT2D eigenvalue weighted by Crippen LogP contribution is 2.41. The molecule has 0 saturated heterocycles. The lowest BCUT2D eigenvalue weighted by molar-refractivity contribution is -0.0608. The first-order chi connectivity index (χ1) is 19.6. The Bertz CT molecular complexity index is 1330. The number of nitrogens with zero attached hydrogens (tertiary/aromatic N) is 2. The van der Waals surface area contributed by atoms with E-state index in [4.69, 9.17) is 28.7 Å². The first kappa shape index (κ1) is 29.9. The summed E-state index contributed by atoms with van der Waals surface area (Å²) in [5.41, 5.74) is -0.110. The monoisotopic (exact) mass is 570 g/mol. The molecule has 0 amide bonds. The molecule has 220 valence electrons. The van der Waals surface area contributed by atoms with E-state index in [-0.39, 0.29) is 24.7 Å². The standard InChI is InChI=1S/C31H36F2N2O6/c1-19(36)28-29(33)31(2,24-9-7-8-10-25(24)32)34-30(41-28)35(17-20-11-13-22(37-3)15-26(20)39-5)18-21-12-14-23(38-4)16-27(21)40-6/h7-16,19,28-29,36H,17-18H2,1-6H3/t19-,28-,29+,31-/m1/s1. The van der Waals surface area contributed by atoms with Crippen LogP contribution in [-0.2, 0) is 23.4 Å². The van der Waals surface area contributed by atoms with Gasteiger partial charge in [-0.3, -0.25) is 0 Å². The van der Waals surface area contributed by atoms with Gasteiger partial charge in [-0.2, -0.15) is 0 Å². The van der Waals surface area contributed by atoms with E-state index < -0.39 is 29.7 Å². The summed E-state index contributed by atoms with van der Waals surface area (Å²) in [5.74, 6) is 1.73. The van der Waals surface area contributed by atoms with Crippen LogP contribution in [-0.4, -0.2) is 62.8 Å². The van der Waals surface area contributed by atoms with E-state index in [1.165, 1.54) is 32.0 Å². The van der Waals surface area contributed by atoms with E-state index >= 15 is 8.78 Å². The molecule has 4 rings (SSSR count). The van der Waals surface area contributed by atoms with Crippen LogP contribution in [0, 0.1) is 5.82 Å². The van der Waals surface area contributed by atoms with E-state index in [1.54, 1.807) is 63.7 Å². The third-order valence-electron chi connectivity index (χ3n) is 7.27. The number of aliphatic imine (C=N–C) groups is 1. The van der Waals surface area contributed by atoms with Gasteiger partial charge in [0.15, 0.2) is 12.3 Å². The molecular formula is C31H36F2N2O6. The minimum atomic E-state index is -1.84. The number of aliphatic hydroxyl groups excluding tert-OH is 1. The van der Waals surface area contributed by atoms with E-state index in [1.807, 2.05) is 12.1 Å². The molecule has 41 heavy (non-hydrogen) atoms. The molecule has 1 aliphatic rings. The molecule has 3 aromatic rings. The maximum absolute atomic E-state index is 16.1. The van der Waals surface area contributed by atoms with Crippen LogP contribution in [0.2, 0.25) is 0 Å². The summed E-state index contributed by atoms with van der Waals surface area (Å²) in [6.45, 7) is 3.36. The van der Waals surface area contributed by atoms with E-state index in [0.717, 1.165) is 11.1 Å². The number of methoxy groups -OCH3 is 4. The summed E-state index contributed by atoms with van der Waals surface area (Å²) in [5, 5.41) is 10.6. The topological polar surface area (TPSA) is 82.0 Å². The molecule has 1 heterocycles. The van der Waals surface area contributed by atoms with Crippen molar-refractivity contribution in [3.05, 3.63) is 83.2 Å². The SMILES string of the molecule is COc1ccc(CN(Cc2ccc(OC)cc2OC)C2=N[C@](C)(c3ccccc3F)[C@@H](F)[C@@H]([C@@H](C)O)O2)c(OC)c1. The fourth-order valence-corrected chi connectivity index (χ4v) is 4.92. The van der Waals surface area contributed by atoms with Crippen LogP contribution in [0.15, 0.2) is 65.7 Å². The number of alkyl halides is 1. The molecule has 0 aromatic heterocycles. The predicted molar refractivity (Wildman–Crippen MR) is 151 cm³/mol. The lowest BCUT2D eigenvalue weighted by Crippen LogP contribution is -2.54. The lowest BCUT2D eigenvalue weighted by Gasteiger charge is -2.42. The van der Waals surface area contributed by atoms with Crippen molar-refractivity contribution in [3.63, 3.8) is 0 Å². The molecule has 4 atom stereocenters. The van der Waals surface area contributed by atoms with Gasteiger partial charge in [-0.25, -0.2) is 13.8 Å². The smallest absolute Gasteiger partial charge is 0.289 e. The molecule has 0 aliphatic carbocycles. The van der Waals surface area contributed by atoms with Crippen molar-refractivity contribution in [1.82, 2.24) is 4.90 Å². The van der Waals surface area contributed by atoms with Crippen molar-refractivity contribution in [2.75, 3.05) is 28.4 Å². The molecule has 0 saturated carbocycles. The molecule has 0 radical (unpaired) electrons. The molecule has 8 nitrogen and oxygen atoms in total. The summed E-state index contributed by atoms with van der Waals surface area (Å²) < 4.78 is 59.1. The van der Waals surface area contributed by atoms with Crippen molar-refractivity contribution in [2.24, 2.45) is 4.99 Å². The average molecular weight is 571 g/mol. The van der Waals surface area contributed by atoms with Crippen molar-refractivity contribution >= 4 is 6.02 Å². The van der Waals surface area contributed by atoms with Gasteiger partial charge in [-0.1, -0.05) is 18.2 Å². The van der Waals surface area contributed by atoms with Crippen molar-refractivity contribution in [3.8, 4) is 23.0 Å². The molecule has 0 bridgehead atoms. The normalized spacial score (nSPS) is 20.9. The Hall–Kier alpha value is -4.05. The van der Waals surface area contributed by atoms with Gasteiger partial charge in [0.2, 0.25) is 0 Å². The van der Waals surface area contributed by atoms with Crippen LogP contribution in [0.4, 0.5) is 8.78 Å². The van der Waals surface area contributed by atoms with Crippen molar-refractivity contribution < 1.29 is 37.6 Å². The number of hydrogen-bond acceptors (Lipinski definition) is 8. The number of ether oxygens (including phenoxy) is 5. The second-order valence-corrected chi connectivity index (χ2v) is 9.96. The Labute approximate surface area is 239 Å². The minimum absolute atomic E-state index is 0.0336. The van der Waals surface area contributed by atoms with Gasteiger partial charge in [0.25, 0.3) is 6.02 Å². The maximum atomic E-state index is 16.1.